The lowest BCUT2D eigenvalue weighted by atomic mass is 10.1. The Labute approximate surface area is 158 Å². The van der Waals surface area contributed by atoms with Crippen molar-refractivity contribution < 1.29 is 14.3 Å². The lowest BCUT2D eigenvalue weighted by Crippen LogP contribution is -2.34. The number of thioether (sulfide) groups is 1. The molecule has 0 bridgehead atoms. The van der Waals surface area contributed by atoms with Gasteiger partial charge < -0.3 is 14.8 Å². The second kappa shape index (κ2) is 7.23. The molecule has 1 N–H and O–H groups in total. The number of rotatable bonds is 5. The summed E-state index contributed by atoms with van der Waals surface area (Å²) in [5, 5.41) is 2.96. The molecule has 1 amide bonds. The number of hydrogen-bond donors (Lipinski definition) is 1. The van der Waals surface area contributed by atoms with Crippen LogP contribution in [0.25, 0.3) is 0 Å². The van der Waals surface area contributed by atoms with E-state index in [-0.39, 0.29) is 5.91 Å². The average Bonchev–Trinajstić information content (AvgIpc) is 3.22. The van der Waals surface area contributed by atoms with Crippen molar-refractivity contribution in [1.82, 2.24) is 0 Å². The van der Waals surface area contributed by atoms with E-state index in [1.165, 1.54) is 11.1 Å². The van der Waals surface area contributed by atoms with Crippen molar-refractivity contribution in [3.05, 3.63) is 53.6 Å². The Morgan fingerprint density at radius 1 is 1.12 bits per heavy atom. The third kappa shape index (κ3) is 3.68. The highest BCUT2D eigenvalue weighted by Crippen LogP contribution is 2.47. The smallest absolute Gasteiger partial charge is 0.251 e. The first-order chi connectivity index (χ1) is 12.6. The normalized spacial score (nSPS) is 16.8. The standard InChI is InChI=1S/C21H23NO3S/c1-15-6-2-3-7-16(15)13-26-14-20(23)22-17-8-9-18-19(12-17)25-21(24-18)10-4-5-11-21/h2-3,6-9,12H,4-5,10-11,13-14H2,1H3,(H,22,23). The van der Waals surface area contributed by atoms with Gasteiger partial charge in [0, 0.05) is 30.3 Å². The van der Waals surface area contributed by atoms with Gasteiger partial charge in [-0.3, -0.25) is 4.79 Å². The molecule has 1 heterocycles. The summed E-state index contributed by atoms with van der Waals surface area (Å²) in [5.41, 5.74) is 3.29. The maximum absolute atomic E-state index is 12.2. The van der Waals surface area contributed by atoms with Gasteiger partial charge in [0.15, 0.2) is 11.5 Å². The molecule has 4 nitrogen and oxygen atoms in total. The molecular formula is C21H23NO3S. The van der Waals surface area contributed by atoms with Crippen LogP contribution in [0.15, 0.2) is 42.5 Å². The monoisotopic (exact) mass is 369 g/mol. The molecule has 1 saturated carbocycles. The molecule has 2 aliphatic rings. The maximum Gasteiger partial charge on any atom is 0.251 e. The van der Waals surface area contributed by atoms with Crippen molar-refractivity contribution in [1.29, 1.82) is 0 Å². The van der Waals surface area contributed by atoms with E-state index in [4.69, 9.17) is 9.47 Å². The predicted octanol–water partition coefficient (Wildman–Crippen LogP) is 4.91. The van der Waals surface area contributed by atoms with E-state index in [0.29, 0.717) is 5.75 Å². The summed E-state index contributed by atoms with van der Waals surface area (Å²) in [7, 11) is 0. The van der Waals surface area contributed by atoms with E-state index in [2.05, 4.69) is 24.4 Å². The maximum atomic E-state index is 12.2. The van der Waals surface area contributed by atoms with Crippen LogP contribution in [-0.4, -0.2) is 17.4 Å². The van der Waals surface area contributed by atoms with Gasteiger partial charge in [-0.25, -0.2) is 0 Å². The second-order valence-electron chi connectivity index (χ2n) is 6.95. The fourth-order valence-corrected chi connectivity index (χ4v) is 4.42. The molecule has 1 aliphatic heterocycles. The van der Waals surface area contributed by atoms with E-state index >= 15 is 0 Å². The minimum absolute atomic E-state index is 0.00182. The molecule has 5 heteroatoms. The zero-order chi connectivity index (χ0) is 18.0. The molecule has 2 aromatic rings. The van der Waals surface area contributed by atoms with E-state index in [1.54, 1.807) is 11.8 Å². The Balaban J connectivity index is 1.31. The molecule has 1 spiro atoms. The van der Waals surface area contributed by atoms with Crippen LogP contribution in [0.3, 0.4) is 0 Å². The SMILES string of the molecule is Cc1ccccc1CSCC(=O)Nc1ccc2c(c1)OC1(CCCC1)O2. The number of anilines is 1. The Morgan fingerprint density at radius 2 is 1.88 bits per heavy atom. The van der Waals surface area contributed by atoms with Crippen molar-refractivity contribution in [2.75, 3.05) is 11.1 Å². The first-order valence-electron chi connectivity index (χ1n) is 9.08. The lowest BCUT2D eigenvalue weighted by Gasteiger charge is -2.21. The number of fused-ring (bicyclic) bond motifs is 1. The molecular weight excluding hydrogens is 346 g/mol. The first kappa shape index (κ1) is 17.3. The van der Waals surface area contributed by atoms with Crippen molar-refractivity contribution in [2.24, 2.45) is 0 Å². The minimum Gasteiger partial charge on any atom is -0.448 e. The van der Waals surface area contributed by atoms with Gasteiger partial charge in [-0.2, -0.15) is 0 Å². The van der Waals surface area contributed by atoms with Crippen LogP contribution in [0.1, 0.15) is 36.8 Å². The van der Waals surface area contributed by atoms with Gasteiger partial charge >= 0.3 is 0 Å². The summed E-state index contributed by atoms with van der Waals surface area (Å²) in [6.07, 6.45) is 4.13. The molecule has 1 aliphatic carbocycles. The number of hydrogen-bond acceptors (Lipinski definition) is 4. The Hall–Kier alpha value is -2.14. The third-order valence-corrected chi connectivity index (χ3v) is 5.92. The van der Waals surface area contributed by atoms with Crippen LogP contribution >= 0.6 is 11.8 Å². The molecule has 0 atom stereocenters. The quantitative estimate of drug-likeness (QED) is 0.814. The summed E-state index contributed by atoms with van der Waals surface area (Å²) < 4.78 is 12.1. The molecule has 0 saturated heterocycles. The highest BCUT2D eigenvalue weighted by Gasteiger charge is 2.44. The topological polar surface area (TPSA) is 47.6 Å². The number of nitrogens with one attached hydrogen (secondary N) is 1. The highest BCUT2D eigenvalue weighted by atomic mass is 32.2. The van der Waals surface area contributed by atoms with E-state index in [0.717, 1.165) is 48.6 Å². The van der Waals surface area contributed by atoms with Gasteiger partial charge in [-0.05, 0) is 43.0 Å². The van der Waals surface area contributed by atoms with Crippen LogP contribution in [0.2, 0.25) is 0 Å². The number of aryl methyl sites for hydroxylation is 1. The van der Waals surface area contributed by atoms with E-state index in [9.17, 15) is 4.79 Å². The number of benzene rings is 2. The number of carbonyl (C=O) groups is 1. The van der Waals surface area contributed by atoms with Crippen LogP contribution in [0.5, 0.6) is 11.5 Å². The fourth-order valence-electron chi connectivity index (χ4n) is 3.51. The van der Waals surface area contributed by atoms with Gasteiger partial charge in [-0.1, -0.05) is 24.3 Å². The second-order valence-corrected chi connectivity index (χ2v) is 7.94. The summed E-state index contributed by atoms with van der Waals surface area (Å²) in [4.78, 5) is 12.2. The van der Waals surface area contributed by atoms with Gasteiger partial charge in [-0.15, -0.1) is 11.8 Å². The van der Waals surface area contributed by atoms with Gasteiger partial charge in [0.2, 0.25) is 5.91 Å². The summed E-state index contributed by atoms with van der Waals surface area (Å²) in [6, 6.07) is 13.9. The van der Waals surface area contributed by atoms with Gasteiger partial charge in [0.05, 0.1) is 5.75 Å². The molecule has 0 unspecified atom stereocenters. The Bertz CT molecular complexity index is 815. The number of ether oxygens (including phenoxy) is 2. The minimum atomic E-state index is -0.464. The lowest BCUT2D eigenvalue weighted by molar-refractivity contribution is -0.113. The highest BCUT2D eigenvalue weighted by molar-refractivity contribution is 7.99. The largest absolute Gasteiger partial charge is 0.448 e. The fraction of sp³-hybridized carbons (Fsp3) is 0.381. The summed E-state index contributed by atoms with van der Waals surface area (Å²) in [5.74, 6) is 2.30. The molecule has 2 aromatic carbocycles. The van der Waals surface area contributed by atoms with Crippen molar-refractivity contribution in [3.63, 3.8) is 0 Å². The van der Waals surface area contributed by atoms with Crippen molar-refractivity contribution >= 4 is 23.4 Å². The molecule has 1 fully saturated rings. The number of carbonyl (C=O) groups excluding carboxylic acids is 1. The molecule has 4 rings (SSSR count). The number of amides is 1. The van der Waals surface area contributed by atoms with E-state index in [1.807, 2.05) is 30.3 Å². The first-order valence-corrected chi connectivity index (χ1v) is 10.2. The summed E-state index contributed by atoms with van der Waals surface area (Å²) >= 11 is 1.62. The third-order valence-electron chi connectivity index (χ3n) is 4.94. The molecule has 0 radical (unpaired) electrons. The van der Waals surface area contributed by atoms with Crippen molar-refractivity contribution in [2.45, 2.75) is 44.1 Å². The zero-order valence-electron chi connectivity index (χ0n) is 14.9. The van der Waals surface area contributed by atoms with E-state index < -0.39 is 5.79 Å². The predicted molar refractivity (Wildman–Crippen MR) is 105 cm³/mol. The molecule has 136 valence electrons. The van der Waals surface area contributed by atoms with Crippen LogP contribution < -0.4 is 14.8 Å². The molecule has 26 heavy (non-hydrogen) atoms. The van der Waals surface area contributed by atoms with Gasteiger partial charge in [0.1, 0.15) is 0 Å². The Kier molecular flexibility index (Phi) is 4.81. The zero-order valence-corrected chi connectivity index (χ0v) is 15.7. The van der Waals surface area contributed by atoms with Crippen LogP contribution in [-0.2, 0) is 10.5 Å². The van der Waals surface area contributed by atoms with Gasteiger partial charge in [0.25, 0.3) is 5.79 Å². The van der Waals surface area contributed by atoms with Crippen molar-refractivity contribution in [3.8, 4) is 11.5 Å². The Morgan fingerprint density at radius 3 is 2.69 bits per heavy atom. The summed E-state index contributed by atoms with van der Waals surface area (Å²) in [6.45, 7) is 2.10. The van der Waals surface area contributed by atoms with Crippen LogP contribution in [0, 0.1) is 6.92 Å². The average molecular weight is 369 g/mol. The molecule has 0 aromatic heterocycles. The van der Waals surface area contributed by atoms with Crippen LogP contribution in [0.4, 0.5) is 5.69 Å².